The normalized spacial score (nSPS) is 18.7. The minimum Gasteiger partial charge on any atom is -0.469 e. The molecule has 0 aromatic carbocycles. The Morgan fingerprint density at radius 3 is 2.43 bits per heavy atom. The molecule has 0 radical (unpaired) electrons. The van der Waals surface area contributed by atoms with Gasteiger partial charge in [-0.25, -0.2) is 4.98 Å². The van der Waals surface area contributed by atoms with Gasteiger partial charge in [-0.15, -0.1) is 24.0 Å². The fourth-order valence-electron chi connectivity index (χ4n) is 4.01. The molecule has 168 valence electrons. The summed E-state index contributed by atoms with van der Waals surface area (Å²) in [5.74, 6) is 1.83. The number of carbonyl (C=O) groups is 1. The lowest BCUT2D eigenvalue weighted by molar-refractivity contribution is -0.146. The summed E-state index contributed by atoms with van der Waals surface area (Å²) >= 11 is 0. The second-order valence-corrected chi connectivity index (χ2v) is 7.63. The maximum atomic E-state index is 11.7. The molecule has 3 heterocycles. The number of esters is 1. The highest BCUT2D eigenvalue weighted by molar-refractivity contribution is 14.0. The minimum atomic E-state index is -0.102. The smallest absolute Gasteiger partial charge is 0.308 e. The number of pyridine rings is 1. The van der Waals surface area contributed by atoms with Gasteiger partial charge in [-0.2, -0.15) is 0 Å². The zero-order valence-electron chi connectivity index (χ0n) is 18.3. The van der Waals surface area contributed by atoms with Gasteiger partial charge in [0.1, 0.15) is 5.82 Å². The lowest BCUT2D eigenvalue weighted by Gasteiger charge is -2.34. The Hall–Kier alpha value is -1.62. The fraction of sp³-hybridized carbons (Fsp3) is 0.667. The molecule has 9 heteroatoms. The van der Waals surface area contributed by atoms with E-state index in [0.29, 0.717) is 6.54 Å². The van der Waals surface area contributed by atoms with Gasteiger partial charge in [0.2, 0.25) is 0 Å². The number of nitrogens with one attached hydrogen (secondary N) is 1. The van der Waals surface area contributed by atoms with Gasteiger partial charge in [0.25, 0.3) is 0 Å². The number of carbonyl (C=O) groups excluding carboxylic acids is 1. The highest BCUT2D eigenvalue weighted by atomic mass is 127. The van der Waals surface area contributed by atoms with Crippen molar-refractivity contribution in [1.29, 1.82) is 0 Å². The number of hydrogen-bond acceptors (Lipinski definition) is 6. The van der Waals surface area contributed by atoms with Crippen molar-refractivity contribution < 1.29 is 9.53 Å². The number of ether oxygens (including phenoxy) is 1. The number of piperidine rings is 1. The Labute approximate surface area is 197 Å². The number of aliphatic imine (C=N–C) groups is 1. The fourth-order valence-corrected chi connectivity index (χ4v) is 4.01. The molecule has 2 aliphatic rings. The Morgan fingerprint density at radius 2 is 1.90 bits per heavy atom. The number of likely N-dealkylation sites (N-methyl/N-ethyl adjacent to an activating group) is 1. The van der Waals surface area contributed by atoms with Gasteiger partial charge in [0.15, 0.2) is 5.96 Å². The second kappa shape index (κ2) is 12.3. The third kappa shape index (κ3) is 6.44. The standard InChI is InChI=1S/C21H34N6O2.HI/c1-4-25-11-13-26(14-12-25)19-6-5-17(15-23-19)16-24-21(22-2)27-9-7-18(8-10-27)20(28)29-3;/h5-6,15,18H,4,7-14,16H2,1-3H3,(H,22,24);1H. The summed E-state index contributed by atoms with van der Waals surface area (Å²) in [4.78, 5) is 27.8. The summed E-state index contributed by atoms with van der Waals surface area (Å²) in [5.41, 5.74) is 1.13. The average Bonchev–Trinajstić information content (AvgIpc) is 2.80. The van der Waals surface area contributed by atoms with Crippen LogP contribution in [-0.4, -0.2) is 86.7 Å². The van der Waals surface area contributed by atoms with E-state index in [-0.39, 0.29) is 35.9 Å². The van der Waals surface area contributed by atoms with Crippen molar-refractivity contribution in [3.63, 3.8) is 0 Å². The molecule has 0 spiro atoms. The largest absolute Gasteiger partial charge is 0.469 e. The minimum absolute atomic E-state index is 0. The number of likely N-dealkylation sites (tertiary alicyclic amines) is 1. The van der Waals surface area contributed by atoms with Gasteiger partial charge in [0, 0.05) is 59.1 Å². The molecule has 0 amide bonds. The lowest BCUT2D eigenvalue weighted by atomic mass is 9.97. The zero-order valence-corrected chi connectivity index (χ0v) is 20.7. The molecule has 2 saturated heterocycles. The zero-order chi connectivity index (χ0) is 20.6. The summed E-state index contributed by atoms with van der Waals surface area (Å²) in [6.07, 6.45) is 3.55. The molecule has 0 saturated carbocycles. The third-order valence-electron chi connectivity index (χ3n) is 5.94. The van der Waals surface area contributed by atoms with Gasteiger partial charge in [0.05, 0.1) is 13.0 Å². The molecule has 30 heavy (non-hydrogen) atoms. The van der Waals surface area contributed by atoms with Crippen molar-refractivity contribution >= 4 is 41.7 Å². The van der Waals surface area contributed by atoms with Crippen LogP contribution in [-0.2, 0) is 16.1 Å². The molecule has 0 atom stereocenters. The van der Waals surface area contributed by atoms with Crippen LogP contribution in [0.5, 0.6) is 0 Å². The Morgan fingerprint density at radius 1 is 1.20 bits per heavy atom. The number of nitrogens with zero attached hydrogens (tertiary/aromatic N) is 5. The van der Waals surface area contributed by atoms with Gasteiger partial charge >= 0.3 is 5.97 Å². The Balaban J connectivity index is 0.00000320. The lowest BCUT2D eigenvalue weighted by Crippen LogP contribution is -2.46. The second-order valence-electron chi connectivity index (χ2n) is 7.63. The predicted octanol–water partition coefficient (Wildman–Crippen LogP) is 1.80. The number of hydrogen-bond donors (Lipinski definition) is 1. The van der Waals surface area contributed by atoms with E-state index < -0.39 is 0 Å². The molecule has 0 unspecified atom stereocenters. The van der Waals surface area contributed by atoms with Crippen LogP contribution in [0.15, 0.2) is 23.3 Å². The van der Waals surface area contributed by atoms with Crippen molar-refractivity contribution in [2.24, 2.45) is 10.9 Å². The first-order valence-corrected chi connectivity index (χ1v) is 10.6. The average molecular weight is 530 g/mol. The number of rotatable bonds is 5. The van der Waals surface area contributed by atoms with Crippen LogP contribution in [0.1, 0.15) is 25.3 Å². The summed E-state index contributed by atoms with van der Waals surface area (Å²) in [5, 5.41) is 3.43. The van der Waals surface area contributed by atoms with Crippen molar-refractivity contribution in [3.8, 4) is 0 Å². The predicted molar refractivity (Wildman–Crippen MR) is 130 cm³/mol. The van der Waals surface area contributed by atoms with Crippen LogP contribution in [0.4, 0.5) is 5.82 Å². The van der Waals surface area contributed by atoms with Crippen molar-refractivity contribution in [2.45, 2.75) is 26.3 Å². The molecule has 2 fully saturated rings. The van der Waals surface area contributed by atoms with Gasteiger partial charge in [-0.1, -0.05) is 13.0 Å². The molecule has 8 nitrogen and oxygen atoms in total. The van der Waals surface area contributed by atoms with Crippen molar-refractivity contribution in [2.75, 3.05) is 64.9 Å². The van der Waals surface area contributed by atoms with Crippen LogP contribution >= 0.6 is 24.0 Å². The topological polar surface area (TPSA) is 73.3 Å². The number of piperazine rings is 1. The van der Waals surface area contributed by atoms with E-state index in [9.17, 15) is 4.79 Å². The SMILES string of the molecule is CCN1CCN(c2ccc(CNC(=NC)N3CCC(C(=O)OC)CC3)cn2)CC1.I. The summed E-state index contributed by atoms with van der Waals surface area (Å²) in [7, 11) is 3.26. The molecule has 0 aliphatic carbocycles. The monoisotopic (exact) mass is 530 g/mol. The van der Waals surface area contributed by atoms with Crippen LogP contribution in [0.25, 0.3) is 0 Å². The first kappa shape index (κ1) is 24.6. The summed E-state index contributed by atoms with van der Waals surface area (Å²) < 4.78 is 4.87. The number of methoxy groups -OCH3 is 1. The molecule has 1 aromatic rings. The highest BCUT2D eigenvalue weighted by Crippen LogP contribution is 2.19. The Bertz CT molecular complexity index is 683. The number of aromatic nitrogens is 1. The van der Waals surface area contributed by atoms with Crippen molar-refractivity contribution in [3.05, 3.63) is 23.9 Å². The number of halogens is 1. The number of guanidine groups is 1. The van der Waals surface area contributed by atoms with E-state index in [2.05, 4.69) is 49.0 Å². The summed E-state index contributed by atoms with van der Waals surface area (Å²) in [6, 6.07) is 4.25. The molecular weight excluding hydrogens is 495 g/mol. The van der Waals surface area contributed by atoms with Gasteiger partial charge in [-0.3, -0.25) is 9.79 Å². The Kier molecular flexibility index (Phi) is 10.1. The van der Waals surface area contributed by atoms with Crippen molar-refractivity contribution in [1.82, 2.24) is 20.1 Å². The molecule has 1 aromatic heterocycles. The van der Waals surface area contributed by atoms with E-state index in [1.54, 1.807) is 7.05 Å². The van der Waals surface area contributed by atoms with Crippen LogP contribution in [0.2, 0.25) is 0 Å². The highest BCUT2D eigenvalue weighted by Gasteiger charge is 2.27. The van der Waals surface area contributed by atoms with Crippen LogP contribution in [0.3, 0.4) is 0 Å². The first-order chi connectivity index (χ1) is 14.1. The first-order valence-electron chi connectivity index (χ1n) is 10.6. The molecule has 1 N–H and O–H groups in total. The molecular formula is C21H35IN6O2. The van der Waals surface area contributed by atoms with Crippen LogP contribution < -0.4 is 10.2 Å². The quantitative estimate of drug-likeness (QED) is 0.270. The van der Waals surface area contributed by atoms with E-state index in [0.717, 1.165) is 76.0 Å². The van der Waals surface area contributed by atoms with E-state index in [1.165, 1.54) is 7.11 Å². The maximum absolute atomic E-state index is 11.7. The van der Waals surface area contributed by atoms with Gasteiger partial charge in [-0.05, 0) is 31.0 Å². The van der Waals surface area contributed by atoms with E-state index >= 15 is 0 Å². The third-order valence-corrected chi connectivity index (χ3v) is 5.94. The van der Waals surface area contributed by atoms with E-state index in [1.807, 2.05) is 6.20 Å². The molecule has 0 bridgehead atoms. The maximum Gasteiger partial charge on any atom is 0.308 e. The molecule has 3 rings (SSSR count). The molecule has 2 aliphatic heterocycles. The van der Waals surface area contributed by atoms with E-state index in [4.69, 9.17) is 4.74 Å². The number of anilines is 1. The summed E-state index contributed by atoms with van der Waals surface area (Å²) in [6.45, 7) is 9.90. The van der Waals surface area contributed by atoms with Gasteiger partial charge < -0.3 is 24.8 Å². The van der Waals surface area contributed by atoms with Crippen LogP contribution in [0, 0.1) is 5.92 Å².